The molecule has 0 unspecified atom stereocenters. The van der Waals surface area contributed by atoms with Gasteiger partial charge in [-0.05, 0) is 45.6 Å². The lowest BCUT2D eigenvalue weighted by atomic mass is 9.81. The highest BCUT2D eigenvalue weighted by molar-refractivity contribution is 4.85. The molecule has 0 aliphatic heterocycles. The molecule has 1 N–H and O–H groups in total. The van der Waals surface area contributed by atoms with Gasteiger partial charge in [0.15, 0.2) is 0 Å². The van der Waals surface area contributed by atoms with Crippen molar-refractivity contribution in [2.75, 3.05) is 39.9 Å². The predicted octanol–water partition coefficient (Wildman–Crippen LogP) is 3.15. The highest BCUT2D eigenvalue weighted by atomic mass is 16.5. The number of likely N-dealkylation sites (N-methyl/N-ethyl adjacent to an activating group) is 1. The van der Waals surface area contributed by atoms with Crippen LogP contribution in [0.2, 0.25) is 0 Å². The molecule has 0 rings (SSSR count). The fraction of sp³-hybridized carbons (Fsp3) is 1.00. The summed E-state index contributed by atoms with van der Waals surface area (Å²) in [6, 6.07) is 0. The Labute approximate surface area is 121 Å². The third-order valence-corrected chi connectivity index (χ3v) is 4.11. The molecule has 116 valence electrons. The molecule has 0 aromatic rings. The first-order chi connectivity index (χ1) is 8.82. The molecule has 0 fully saturated rings. The second-order valence-electron chi connectivity index (χ2n) is 6.67. The van der Waals surface area contributed by atoms with Crippen LogP contribution in [0.25, 0.3) is 0 Å². The summed E-state index contributed by atoms with van der Waals surface area (Å²) < 4.78 is 5.21. The van der Waals surface area contributed by atoms with Gasteiger partial charge in [-0.2, -0.15) is 0 Å². The molecule has 0 saturated carbocycles. The summed E-state index contributed by atoms with van der Waals surface area (Å²) in [5, 5.41) is 3.69. The Kier molecular flexibility index (Phi) is 8.88. The summed E-state index contributed by atoms with van der Waals surface area (Å²) in [4.78, 5) is 2.51. The Morgan fingerprint density at radius 3 is 2.00 bits per heavy atom. The van der Waals surface area contributed by atoms with E-state index in [1.54, 1.807) is 7.11 Å². The van der Waals surface area contributed by atoms with Crippen molar-refractivity contribution in [3.05, 3.63) is 0 Å². The lowest BCUT2D eigenvalue weighted by Gasteiger charge is -2.39. The Bertz CT molecular complexity index is 219. The number of methoxy groups -OCH3 is 1. The van der Waals surface area contributed by atoms with Gasteiger partial charge in [-0.15, -0.1) is 0 Å². The number of hydrogen-bond acceptors (Lipinski definition) is 3. The number of ether oxygens (including phenoxy) is 1. The van der Waals surface area contributed by atoms with Crippen LogP contribution in [0.15, 0.2) is 0 Å². The smallest absolute Gasteiger partial charge is 0.0589 e. The average molecular weight is 272 g/mol. The largest absolute Gasteiger partial charge is 0.383 e. The van der Waals surface area contributed by atoms with Crippen LogP contribution in [0.1, 0.15) is 54.4 Å². The zero-order valence-corrected chi connectivity index (χ0v) is 14.3. The van der Waals surface area contributed by atoms with Gasteiger partial charge in [-0.25, -0.2) is 0 Å². The first-order valence-electron chi connectivity index (χ1n) is 7.78. The molecule has 3 heteroatoms. The normalized spacial score (nSPS) is 13.3. The van der Waals surface area contributed by atoms with E-state index in [-0.39, 0.29) is 5.54 Å². The van der Waals surface area contributed by atoms with Crippen LogP contribution in [0.3, 0.4) is 0 Å². The van der Waals surface area contributed by atoms with Crippen LogP contribution in [0, 0.1) is 5.41 Å². The molecule has 0 heterocycles. The molecular weight excluding hydrogens is 236 g/mol. The molecule has 0 aromatic carbocycles. The Hall–Kier alpha value is -0.120. The quantitative estimate of drug-likeness (QED) is 0.661. The van der Waals surface area contributed by atoms with E-state index in [1.165, 1.54) is 12.8 Å². The third-order valence-electron chi connectivity index (χ3n) is 4.11. The Morgan fingerprint density at radius 1 is 1.05 bits per heavy atom. The molecule has 0 atom stereocenters. The van der Waals surface area contributed by atoms with E-state index in [1.807, 2.05) is 0 Å². The van der Waals surface area contributed by atoms with Gasteiger partial charge in [-0.3, -0.25) is 0 Å². The summed E-state index contributed by atoms with van der Waals surface area (Å²) in [5.74, 6) is 0. The molecule has 0 aliphatic rings. The maximum Gasteiger partial charge on any atom is 0.0589 e. The predicted molar refractivity (Wildman–Crippen MR) is 84.8 cm³/mol. The van der Waals surface area contributed by atoms with Crippen LogP contribution >= 0.6 is 0 Å². The minimum absolute atomic E-state index is 0.194. The van der Waals surface area contributed by atoms with Gasteiger partial charge >= 0.3 is 0 Å². The molecule has 0 saturated heterocycles. The van der Waals surface area contributed by atoms with Gasteiger partial charge in [0.25, 0.3) is 0 Å². The van der Waals surface area contributed by atoms with E-state index in [2.05, 4.69) is 51.8 Å². The fourth-order valence-corrected chi connectivity index (χ4v) is 2.28. The van der Waals surface area contributed by atoms with Crippen molar-refractivity contribution in [1.29, 1.82) is 0 Å². The Balaban J connectivity index is 4.57. The summed E-state index contributed by atoms with van der Waals surface area (Å²) in [6.07, 6.45) is 2.44. The zero-order chi connectivity index (χ0) is 14.9. The van der Waals surface area contributed by atoms with E-state index >= 15 is 0 Å². The number of hydrogen-bond donors (Lipinski definition) is 1. The van der Waals surface area contributed by atoms with E-state index in [9.17, 15) is 0 Å². The van der Waals surface area contributed by atoms with Gasteiger partial charge in [0, 0.05) is 32.3 Å². The molecule has 0 radical (unpaired) electrons. The van der Waals surface area contributed by atoms with Gasteiger partial charge < -0.3 is 15.0 Å². The van der Waals surface area contributed by atoms with Crippen LogP contribution < -0.4 is 5.32 Å². The first kappa shape index (κ1) is 18.9. The number of rotatable bonds is 10. The molecule has 0 spiro atoms. The second-order valence-corrected chi connectivity index (χ2v) is 6.67. The third kappa shape index (κ3) is 7.91. The van der Waals surface area contributed by atoms with Gasteiger partial charge in [0.05, 0.1) is 6.61 Å². The van der Waals surface area contributed by atoms with Crippen LogP contribution in [0.4, 0.5) is 0 Å². The van der Waals surface area contributed by atoms with Crippen molar-refractivity contribution in [1.82, 2.24) is 10.2 Å². The lowest BCUT2D eigenvalue weighted by molar-refractivity contribution is 0.0972. The molecule has 0 aliphatic carbocycles. The molecule has 19 heavy (non-hydrogen) atoms. The maximum atomic E-state index is 5.21. The van der Waals surface area contributed by atoms with Crippen LogP contribution in [-0.2, 0) is 4.74 Å². The van der Waals surface area contributed by atoms with E-state index in [0.717, 1.165) is 32.8 Å². The fourth-order valence-electron chi connectivity index (χ4n) is 2.28. The minimum Gasteiger partial charge on any atom is -0.383 e. The number of nitrogens with zero attached hydrogens (tertiary/aromatic N) is 1. The molecular formula is C16H36N2O. The second kappa shape index (κ2) is 8.93. The molecule has 0 amide bonds. The van der Waals surface area contributed by atoms with Gasteiger partial charge in [0.1, 0.15) is 0 Å². The average Bonchev–Trinajstić information content (AvgIpc) is 2.38. The topological polar surface area (TPSA) is 24.5 Å². The summed E-state index contributed by atoms with van der Waals surface area (Å²) >= 11 is 0. The number of nitrogens with one attached hydrogen (secondary N) is 1. The minimum atomic E-state index is 0.194. The van der Waals surface area contributed by atoms with Gasteiger partial charge in [0.2, 0.25) is 0 Å². The summed E-state index contributed by atoms with van der Waals surface area (Å²) in [7, 11) is 1.78. The molecule has 3 nitrogen and oxygen atoms in total. The highest BCUT2D eigenvalue weighted by Crippen LogP contribution is 2.27. The maximum absolute atomic E-state index is 5.21. The van der Waals surface area contributed by atoms with Gasteiger partial charge in [-0.1, -0.05) is 20.8 Å². The van der Waals surface area contributed by atoms with Crippen molar-refractivity contribution in [3.8, 4) is 0 Å². The standard InChI is InChI=1S/C16H36N2O/c1-8-16(9-2,13-17-15(4,5)6)14-18(10-3)11-12-19-7/h17H,8-14H2,1-7H3. The lowest BCUT2D eigenvalue weighted by Crippen LogP contribution is -2.49. The van der Waals surface area contributed by atoms with E-state index in [0.29, 0.717) is 5.41 Å². The summed E-state index contributed by atoms with van der Waals surface area (Å²) in [6.45, 7) is 18.8. The van der Waals surface area contributed by atoms with E-state index in [4.69, 9.17) is 4.74 Å². The van der Waals surface area contributed by atoms with Crippen molar-refractivity contribution < 1.29 is 4.74 Å². The van der Waals surface area contributed by atoms with E-state index < -0.39 is 0 Å². The summed E-state index contributed by atoms with van der Waals surface area (Å²) in [5.41, 5.74) is 0.566. The van der Waals surface area contributed by atoms with Crippen LogP contribution in [-0.4, -0.2) is 50.3 Å². The molecule has 0 bridgehead atoms. The highest BCUT2D eigenvalue weighted by Gasteiger charge is 2.29. The Morgan fingerprint density at radius 2 is 1.63 bits per heavy atom. The molecule has 0 aromatic heterocycles. The van der Waals surface area contributed by atoms with Crippen molar-refractivity contribution in [2.24, 2.45) is 5.41 Å². The van der Waals surface area contributed by atoms with Crippen molar-refractivity contribution in [3.63, 3.8) is 0 Å². The zero-order valence-electron chi connectivity index (χ0n) is 14.3. The van der Waals surface area contributed by atoms with Crippen LogP contribution in [0.5, 0.6) is 0 Å². The van der Waals surface area contributed by atoms with Crippen molar-refractivity contribution in [2.45, 2.75) is 59.9 Å². The SMILES string of the molecule is CCN(CCOC)CC(CC)(CC)CNC(C)(C)C. The monoisotopic (exact) mass is 272 g/mol. The first-order valence-corrected chi connectivity index (χ1v) is 7.78. The van der Waals surface area contributed by atoms with Crippen molar-refractivity contribution >= 4 is 0 Å².